The molecule has 0 bridgehead atoms. The van der Waals surface area contributed by atoms with Gasteiger partial charge in [-0.05, 0) is 24.3 Å². The van der Waals surface area contributed by atoms with E-state index in [1.54, 1.807) is 24.3 Å². The van der Waals surface area contributed by atoms with Crippen LogP contribution in [0.25, 0.3) is 0 Å². The average Bonchev–Trinajstić information content (AvgIpc) is 2.71. The molecule has 1 aromatic carbocycles. The SMILES string of the molecule is NCC1CN(c2ccc(C(N)=O)cc2)C(=O)O1. The molecule has 17 heavy (non-hydrogen) atoms. The number of ether oxygens (including phenoxy) is 1. The van der Waals surface area contributed by atoms with E-state index < -0.39 is 12.0 Å². The smallest absolute Gasteiger partial charge is 0.414 e. The predicted octanol–water partition coefficient (Wildman–Crippen LogP) is 0.0694. The first-order chi connectivity index (χ1) is 8.11. The minimum Gasteiger partial charge on any atom is -0.443 e. The third-order valence-electron chi connectivity index (χ3n) is 2.60. The number of benzene rings is 1. The number of rotatable bonds is 3. The van der Waals surface area contributed by atoms with Crippen molar-refractivity contribution in [1.82, 2.24) is 0 Å². The summed E-state index contributed by atoms with van der Waals surface area (Å²) in [5.74, 6) is -0.500. The van der Waals surface area contributed by atoms with Crippen LogP contribution >= 0.6 is 0 Å². The highest BCUT2D eigenvalue weighted by Gasteiger charge is 2.31. The van der Waals surface area contributed by atoms with E-state index in [9.17, 15) is 9.59 Å². The van der Waals surface area contributed by atoms with Crippen molar-refractivity contribution in [2.45, 2.75) is 6.10 Å². The molecule has 0 radical (unpaired) electrons. The summed E-state index contributed by atoms with van der Waals surface area (Å²) in [6.07, 6.45) is -0.703. The van der Waals surface area contributed by atoms with E-state index in [0.717, 1.165) is 0 Å². The number of amides is 2. The summed E-state index contributed by atoms with van der Waals surface area (Å²) in [6.45, 7) is 0.715. The van der Waals surface area contributed by atoms with E-state index in [1.807, 2.05) is 0 Å². The summed E-state index contributed by atoms with van der Waals surface area (Å²) in [4.78, 5) is 23.9. The van der Waals surface area contributed by atoms with E-state index >= 15 is 0 Å². The van der Waals surface area contributed by atoms with Gasteiger partial charge in [0.25, 0.3) is 0 Å². The molecule has 1 fully saturated rings. The molecular formula is C11H13N3O3. The zero-order valence-electron chi connectivity index (χ0n) is 9.13. The second-order valence-corrected chi connectivity index (χ2v) is 3.76. The van der Waals surface area contributed by atoms with Gasteiger partial charge in [0, 0.05) is 17.8 Å². The highest BCUT2D eigenvalue weighted by Crippen LogP contribution is 2.21. The highest BCUT2D eigenvalue weighted by molar-refractivity contribution is 5.94. The molecule has 0 spiro atoms. The van der Waals surface area contributed by atoms with Crippen molar-refractivity contribution in [3.8, 4) is 0 Å². The Bertz CT molecular complexity index is 444. The van der Waals surface area contributed by atoms with Crippen LogP contribution in [-0.4, -0.2) is 31.2 Å². The number of nitrogens with zero attached hydrogens (tertiary/aromatic N) is 1. The molecule has 0 saturated carbocycles. The zero-order chi connectivity index (χ0) is 12.4. The minimum atomic E-state index is -0.500. The van der Waals surface area contributed by atoms with Crippen LogP contribution in [-0.2, 0) is 4.74 Å². The molecule has 1 unspecified atom stereocenters. The fourth-order valence-corrected chi connectivity index (χ4v) is 1.66. The molecule has 6 heteroatoms. The standard InChI is InChI=1S/C11H13N3O3/c12-5-9-6-14(11(16)17-9)8-3-1-7(2-4-8)10(13)15/h1-4,9H,5-6,12H2,(H2,13,15). The molecule has 1 saturated heterocycles. The molecule has 1 aromatic rings. The van der Waals surface area contributed by atoms with Gasteiger partial charge in [0.15, 0.2) is 0 Å². The number of carbonyl (C=O) groups excluding carboxylic acids is 2. The summed E-state index contributed by atoms with van der Waals surface area (Å²) in [6, 6.07) is 6.45. The molecule has 0 aromatic heterocycles. The van der Waals surface area contributed by atoms with Crippen molar-refractivity contribution in [2.75, 3.05) is 18.0 Å². The van der Waals surface area contributed by atoms with Crippen molar-refractivity contribution >= 4 is 17.7 Å². The Morgan fingerprint density at radius 2 is 2.06 bits per heavy atom. The Morgan fingerprint density at radius 3 is 2.53 bits per heavy atom. The lowest BCUT2D eigenvalue weighted by molar-refractivity contribution is 0.1000. The second kappa shape index (κ2) is 4.42. The largest absolute Gasteiger partial charge is 0.443 e. The lowest BCUT2D eigenvalue weighted by Crippen LogP contribution is -2.27. The van der Waals surface area contributed by atoms with Crippen LogP contribution in [0.15, 0.2) is 24.3 Å². The molecule has 2 rings (SSSR count). The fraction of sp³-hybridized carbons (Fsp3) is 0.273. The van der Waals surface area contributed by atoms with Gasteiger partial charge in [0.2, 0.25) is 5.91 Å². The maximum Gasteiger partial charge on any atom is 0.414 e. The normalized spacial score (nSPS) is 19.2. The van der Waals surface area contributed by atoms with Crippen LogP contribution < -0.4 is 16.4 Å². The van der Waals surface area contributed by atoms with E-state index in [0.29, 0.717) is 24.3 Å². The number of primary amides is 1. The number of nitrogens with two attached hydrogens (primary N) is 2. The Kier molecular flexibility index (Phi) is 2.97. The van der Waals surface area contributed by atoms with E-state index in [4.69, 9.17) is 16.2 Å². The lowest BCUT2D eigenvalue weighted by atomic mass is 10.2. The van der Waals surface area contributed by atoms with Crippen LogP contribution in [0.5, 0.6) is 0 Å². The summed E-state index contributed by atoms with van der Waals surface area (Å²) in [5, 5.41) is 0. The average molecular weight is 235 g/mol. The monoisotopic (exact) mass is 235 g/mol. The van der Waals surface area contributed by atoms with E-state index in [2.05, 4.69) is 0 Å². The van der Waals surface area contributed by atoms with Gasteiger partial charge < -0.3 is 16.2 Å². The Morgan fingerprint density at radius 1 is 1.41 bits per heavy atom. The van der Waals surface area contributed by atoms with Crippen LogP contribution in [0.3, 0.4) is 0 Å². The number of hydrogen-bond acceptors (Lipinski definition) is 4. The van der Waals surface area contributed by atoms with Gasteiger partial charge in [-0.3, -0.25) is 9.69 Å². The number of carbonyl (C=O) groups is 2. The maximum absolute atomic E-state index is 11.5. The number of hydrogen-bond donors (Lipinski definition) is 2. The van der Waals surface area contributed by atoms with Gasteiger partial charge in [-0.1, -0.05) is 0 Å². The van der Waals surface area contributed by atoms with Gasteiger partial charge in [-0.2, -0.15) is 0 Å². The molecule has 1 heterocycles. The summed E-state index contributed by atoms with van der Waals surface area (Å²) < 4.78 is 5.03. The first-order valence-corrected chi connectivity index (χ1v) is 5.20. The molecular weight excluding hydrogens is 222 g/mol. The number of anilines is 1. The first-order valence-electron chi connectivity index (χ1n) is 5.20. The van der Waals surface area contributed by atoms with Crippen LogP contribution in [0.1, 0.15) is 10.4 Å². The molecule has 4 N–H and O–H groups in total. The molecule has 1 atom stereocenters. The van der Waals surface area contributed by atoms with Crippen LogP contribution in [0, 0.1) is 0 Å². The molecule has 0 aliphatic carbocycles. The molecule has 1 aliphatic rings. The van der Waals surface area contributed by atoms with Crippen LogP contribution in [0.2, 0.25) is 0 Å². The van der Waals surface area contributed by atoms with E-state index in [1.165, 1.54) is 4.90 Å². The predicted molar refractivity (Wildman–Crippen MR) is 61.6 cm³/mol. The summed E-state index contributed by atoms with van der Waals surface area (Å²) in [5.41, 5.74) is 11.6. The molecule has 2 amide bonds. The topological polar surface area (TPSA) is 98.6 Å². The van der Waals surface area contributed by atoms with Crippen molar-refractivity contribution in [3.63, 3.8) is 0 Å². The summed E-state index contributed by atoms with van der Waals surface area (Å²) >= 11 is 0. The lowest BCUT2D eigenvalue weighted by Gasteiger charge is -2.12. The fourth-order valence-electron chi connectivity index (χ4n) is 1.66. The highest BCUT2D eigenvalue weighted by atomic mass is 16.6. The quantitative estimate of drug-likeness (QED) is 0.774. The van der Waals surface area contributed by atoms with Gasteiger partial charge in [0.1, 0.15) is 6.10 Å². The van der Waals surface area contributed by atoms with Crippen molar-refractivity contribution in [2.24, 2.45) is 11.5 Å². The maximum atomic E-state index is 11.5. The molecule has 1 aliphatic heterocycles. The Labute approximate surface area is 98.1 Å². The van der Waals surface area contributed by atoms with Crippen molar-refractivity contribution < 1.29 is 14.3 Å². The Balaban J connectivity index is 2.18. The van der Waals surface area contributed by atoms with Crippen molar-refractivity contribution in [3.05, 3.63) is 29.8 Å². The Hall–Kier alpha value is -2.08. The third kappa shape index (κ3) is 2.21. The van der Waals surface area contributed by atoms with Crippen molar-refractivity contribution in [1.29, 1.82) is 0 Å². The minimum absolute atomic E-state index is 0.279. The summed E-state index contributed by atoms with van der Waals surface area (Å²) in [7, 11) is 0. The van der Waals surface area contributed by atoms with Gasteiger partial charge in [0.05, 0.1) is 6.54 Å². The van der Waals surface area contributed by atoms with Gasteiger partial charge in [-0.15, -0.1) is 0 Å². The molecule has 6 nitrogen and oxygen atoms in total. The third-order valence-corrected chi connectivity index (χ3v) is 2.60. The van der Waals surface area contributed by atoms with Crippen LogP contribution in [0.4, 0.5) is 10.5 Å². The zero-order valence-corrected chi connectivity index (χ0v) is 9.13. The van der Waals surface area contributed by atoms with Gasteiger partial charge >= 0.3 is 6.09 Å². The van der Waals surface area contributed by atoms with Gasteiger partial charge in [-0.25, -0.2) is 4.79 Å². The first kappa shape index (κ1) is 11.4. The second-order valence-electron chi connectivity index (χ2n) is 3.76. The molecule has 90 valence electrons. The number of cyclic esters (lactones) is 1. The van der Waals surface area contributed by atoms with E-state index in [-0.39, 0.29) is 6.10 Å².